The van der Waals surface area contributed by atoms with Crippen LogP contribution < -0.4 is 14.4 Å². The third-order valence-electron chi connectivity index (χ3n) is 7.81. The number of hydrogen-bond acceptors (Lipinski definition) is 5. The number of rotatable bonds is 13. The Labute approximate surface area is 256 Å². The number of carbonyl (C=O) groups excluding carboxylic acids is 2. The van der Waals surface area contributed by atoms with Gasteiger partial charge >= 0.3 is 0 Å². The average Bonchev–Trinajstić information content (AvgIpc) is 2.99. The molecule has 1 N–H and O–H groups in total. The van der Waals surface area contributed by atoms with Crippen LogP contribution in [0, 0.1) is 6.92 Å². The highest BCUT2D eigenvalue weighted by molar-refractivity contribution is 7.92. The summed E-state index contributed by atoms with van der Waals surface area (Å²) in [4.78, 5) is 29.8. The maximum Gasteiger partial charge on any atom is 0.244 e. The summed E-state index contributed by atoms with van der Waals surface area (Å²) in [5.41, 5.74) is 3.20. The summed E-state index contributed by atoms with van der Waals surface area (Å²) in [7, 11) is -3.83. The highest BCUT2D eigenvalue weighted by atomic mass is 32.2. The molecule has 1 atom stereocenters. The van der Waals surface area contributed by atoms with Gasteiger partial charge in [-0.1, -0.05) is 79.4 Å². The van der Waals surface area contributed by atoms with E-state index in [0.29, 0.717) is 24.5 Å². The Hall–Kier alpha value is -3.85. The number of benzene rings is 3. The average molecular weight is 606 g/mol. The Balaban J connectivity index is 1.70. The minimum absolute atomic E-state index is 0.0622. The highest BCUT2D eigenvalue weighted by Crippen LogP contribution is 2.24. The maximum absolute atomic E-state index is 14.3. The molecule has 0 aromatic heterocycles. The van der Waals surface area contributed by atoms with Gasteiger partial charge in [-0.3, -0.25) is 13.9 Å². The number of anilines is 1. The molecule has 8 nitrogen and oxygen atoms in total. The first-order valence-electron chi connectivity index (χ1n) is 15.0. The van der Waals surface area contributed by atoms with E-state index in [9.17, 15) is 18.0 Å². The fourth-order valence-electron chi connectivity index (χ4n) is 5.48. The van der Waals surface area contributed by atoms with Crippen molar-refractivity contribution >= 4 is 27.5 Å². The summed E-state index contributed by atoms with van der Waals surface area (Å²) in [6.07, 6.45) is 6.49. The Morgan fingerprint density at radius 2 is 1.56 bits per heavy atom. The number of nitrogens with zero attached hydrogens (tertiary/aromatic N) is 2. The Bertz CT molecular complexity index is 1440. The smallest absolute Gasteiger partial charge is 0.244 e. The van der Waals surface area contributed by atoms with Gasteiger partial charge in [-0.15, -0.1) is 0 Å². The summed E-state index contributed by atoms with van der Waals surface area (Å²) in [6.45, 7) is 4.06. The Morgan fingerprint density at radius 1 is 0.907 bits per heavy atom. The SMILES string of the molecule is CCOc1ccc(N(CC(=O)N(Cc2ccc(C)cc2)C(Cc2ccccc2)C(=O)NC2CCCCC2)S(C)(=O)=O)cc1. The van der Waals surface area contributed by atoms with Crippen LogP contribution in [0.3, 0.4) is 0 Å². The van der Waals surface area contributed by atoms with Gasteiger partial charge in [0.15, 0.2) is 0 Å². The summed E-state index contributed by atoms with van der Waals surface area (Å²) in [5.74, 6) is -0.0721. The minimum atomic E-state index is -3.83. The molecule has 3 aromatic carbocycles. The quantitative estimate of drug-likeness (QED) is 0.287. The molecule has 0 radical (unpaired) electrons. The highest BCUT2D eigenvalue weighted by Gasteiger charge is 2.34. The van der Waals surface area contributed by atoms with Crippen LogP contribution in [0.4, 0.5) is 5.69 Å². The van der Waals surface area contributed by atoms with Crippen molar-refractivity contribution in [2.45, 2.75) is 71.0 Å². The zero-order valence-corrected chi connectivity index (χ0v) is 26.2. The van der Waals surface area contributed by atoms with Crippen molar-refractivity contribution < 1.29 is 22.7 Å². The zero-order chi connectivity index (χ0) is 30.8. The van der Waals surface area contributed by atoms with Crippen LogP contribution >= 0.6 is 0 Å². The van der Waals surface area contributed by atoms with Gasteiger partial charge in [-0.05, 0) is 62.1 Å². The van der Waals surface area contributed by atoms with Crippen molar-refractivity contribution in [2.75, 3.05) is 23.7 Å². The van der Waals surface area contributed by atoms with Crippen molar-refractivity contribution in [3.05, 3.63) is 95.6 Å². The molecule has 230 valence electrons. The summed E-state index contributed by atoms with van der Waals surface area (Å²) >= 11 is 0. The summed E-state index contributed by atoms with van der Waals surface area (Å²) in [5, 5.41) is 3.22. The summed E-state index contributed by atoms with van der Waals surface area (Å²) in [6, 6.07) is 23.3. The minimum Gasteiger partial charge on any atom is -0.494 e. The van der Waals surface area contributed by atoms with E-state index in [-0.39, 0.29) is 18.5 Å². The topological polar surface area (TPSA) is 96.0 Å². The molecule has 3 aromatic rings. The van der Waals surface area contributed by atoms with E-state index in [4.69, 9.17) is 4.74 Å². The lowest BCUT2D eigenvalue weighted by molar-refractivity contribution is -0.140. The van der Waals surface area contributed by atoms with Crippen LogP contribution in [-0.4, -0.2) is 56.6 Å². The van der Waals surface area contributed by atoms with E-state index in [2.05, 4.69) is 5.32 Å². The molecule has 0 bridgehead atoms. The first-order chi connectivity index (χ1) is 20.6. The van der Waals surface area contributed by atoms with Gasteiger partial charge in [0, 0.05) is 19.0 Å². The molecule has 4 rings (SSSR count). The molecule has 0 aliphatic heterocycles. The molecule has 0 spiro atoms. The van der Waals surface area contributed by atoms with Gasteiger partial charge in [-0.25, -0.2) is 8.42 Å². The van der Waals surface area contributed by atoms with E-state index in [1.165, 1.54) is 0 Å². The molecule has 1 fully saturated rings. The van der Waals surface area contributed by atoms with Crippen LogP contribution in [0.15, 0.2) is 78.9 Å². The molecule has 1 unspecified atom stereocenters. The second-order valence-corrected chi connectivity index (χ2v) is 13.2. The van der Waals surface area contributed by atoms with Gasteiger partial charge in [0.1, 0.15) is 18.3 Å². The molecule has 0 heterocycles. The number of carbonyl (C=O) groups is 2. The lowest BCUT2D eigenvalue weighted by Gasteiger charge is -2.35. The number of sulfonamides is 1. The third-order valence-corrected chi connectivity index (χ3v) is 8.95. The van der Waals surface area contributed by atoms with Crippen molar-refractivity contribution in [2.24, 2.45) is 0 Å². The molecule has 1 aliphatic carbocycles. The molecular weight excluding hydrogens is 562 g/mol. The number of amides is 2. The fourth-order valence-corrected chi connectivity index (χ4v) is 6.33. The van der Waals surface area contributed by atoms with Gasteiger partial charge in [-0.2, -0.15) is 0 Å². The van der Waals surface area contributed by atoms with E-state index in [1.807, 2.05) is 68.4 Å². The zero-order valence-electron chi connectivity index (χ0n) is 25.4. The van der Waals surface area contributed by atoms with E-state index in [0.717, 1.165) is 59.4 Å². The molecular formula is C34H43N3O5S. The largest absolute Gasteiger partial charge is 0.494 e. The van der Waals surface area contributed by atoms with Crippen LogP contribution in [0.2, 0.25) is 0 Å². The Kier molecular flexibility index (Phi) is 11.2. The molecule has 43 heavy (non-hydrogen) atoms. The first-order valence-corrected chi connectivity index (χ1v) is 16.9. The number of hydrogen-bond donors (Lipinski definition) is 1. The lowest BCUT2D eigenvalue weighted by atomic mass is 9.94. The van der Waals surface area contributed by atoms with Gasteiger partial charge in [0.25, 0.3) is 0 Å². The monoisotopic (exact) mass is 605 g/mol. The van der Waals surface area contributed by atoms with Crippen molar-refractivity contribution in [3.8, 4) is 5.75 Å². The van der Waals surface area contributed by atoms with Crippen LogP contribution in [0.25, 0.3) is 0 Å². The van der Waals surface area contributed by atoms with E-state index < -0.39 is 28.5 Å². The van der Waals surface area contributed by atoms with Gasteiger partial charge in [0.05, 0.1) is 18.6 Å². The molecule has 0 saturated heterocycles. The van der Waals surface area contributed by atoms with Crippen LogP contribution in [0.1, 0.15) is 55.7 Å². The summed E-state index contributed by atoms with van der Waals surface area (Å²) < 4.78 is 32.6. The lowest BCUT2D eigenvalue weighted by Crippen LogP contribution is -2.55. The molecule has 2 amide bonds. The number of nitrogens with one attached hydrogen (secondary N) is 1. The van der Waals surface area contributed by atoms with Crippen molar-refractivity contribution in [1.82, 2.24) is 10.2 Å². The van der Waals surface area contributed by atoms with Crippen LogP contribution in [0.5, 0.6) is 5.75 Å². The first kappa shape index (κ1) is 32.1. The van der Waals surface area contributed by atoms with Gasteiger partial charge < -0.3 is 15.0 Å². The normalized spacial score (nSPS) is 14.5. The number of ether oxygens (including phenoxy) is 1. The van der Waals surface area contributed by atoms with Crippen molar-refractivity contribution in [1.29, 1.82) is 0 Å². The molecule has 9 heteroatoms. The fraction of sp³-hybridized carbons (Fsp3) is 0.412. The van der Waals surface area contributed by atoms with Crippen molar-refractivity contribution in [3.63, 3.8) is 0 Å². The predicted molar refractivity (Wildman–Crippen MR) is 170 cm³/mol. The second-order valence-electron chi connectivity index (χ2n) is 11.3. The number of aryl methyl sites for hydroxylation is 1. The second kappa shape index (κ2) is 15.0. The van der Waals surface area contributed by atoms with E-state index in [1.54, 1.807) is 29.2 Å². The van der Waals surface area contributed by atoms with Gasteiger partial charge in [0.2, 0.25) is 21.8 Å². The Morgan fingerprint density at radius 3 is 2.16 bits per heavy atom. The third kappa shape index (κ3) is 9.32. The predicted octanol–water partition coefficient (Wildman–Crippen LogP) is 5.25. The maximum atomic E-state index is 14.3. The standard InChI is InChI=1S/C34H43N3O5S/c1-4-42-31-21-19-30(20-22-31)37(43(3,40)41)25-33(38)36(24-28-17-15-26(2)16-18-28)32(23-27-11-7-5-8-12-27)34(39)35-29-13-9-6-10-14-29/h5,7-8,11-12,15-22,29,32H,4,6,9-10,13-14,23-25H2,1-3H3,(H,35,39). The molecule has 1 aliphatic rings. The van der Waals surface area contributed by atoms with Crippen LogP contribution in [-0.2, 0) is 32.6 Å². The molecule has 1 saturated carbocycles. The van der Waals surface area contributed by atoms with E-state index >= 15 is 0 Å².